The molecule has 108 valence electrons. The number of carbonyl (C=O) groups is 1. The van der Waals surface area contributed by atoms with E-state index < -0.39 is 0 Å². The average Bonchev–Trinajstić information content (AvgIpc) is 2.42. The first kappa shape index (κ1) is 16.0. The second kappa shape index (κ2) is 7.53. The Morgan fingerprint density at radius 3 is 2.70 bits per heavy atom. The van der Waals surface area contributed by atoms with E-state index in [9.17, 15) is 4.79 Å². The van der Waals surface area contributed by atoms with Gasteiger partial charge in [0.05, 0.1) is 7.11 Å². The summed E-state index contributed by atoms with van der Waals surface area (Å²) in [6.45, 7) is 11.0. The number of aryl methyl sites for hydroxylation is 1. The van der Waals surface area contributed by atoms with Crippen LogP contribution in [0.2, 0.25) is 0 Å². The Morgan fingerprint density at radius 1 is 1.45 bits per heavy atom. The number of rotatable bonds is 6. The molecule has 0 aromatic heterocycles. The van der Waals surface area contributed by atoms with Gasteiger partial charge in [-0.1, -0.05) is 23.8 Å². The summed E-state index contributed by atoms with van der Waals surface area (Å²) in [5.41, 5.74) is 3.01. The molecular formula is C17H23NO2. The third-order valence-corrected chi connectivity index (χ3v) is 2.94. The highest BCUT2D eigenvalue weighted by molar-refractivity contribution is 5.92. The number of carbonyl (C=O) groups excluding carboxylic acids is 1. The lowest BCUT2D eigenvalue weighted by molar-refractivity contribution is -0.125. The van der Waals surface area contributed by atoms with Gasteiger partial charge in [-0.3, -0.25) is 4.79 Å². The molecule has 1 rings (SSSR count). The van der Waals surface area contributed by atoms with Crippen molar-refractivity contribution in [1.29, 1.82) is 0 Å². The molecule has 0 fully saturated rings. The molecule has 0 aliphatic carbocycles. The zero-order valence-corrected chi connectivity index (χ0v) is 12.8. The average molecular weight is 273 g/mol. The molecule has 1 aromatic carbocycles. The summed E-state index contributed by atoms with van der Waals surface area (Å²) in [6.07, 6.45) is 3.39. The largest absolute Gasteiger partial charge is 0.496 e. The molecule has 0 aliphatic heterocycles. The highest BCUT2D eigenvalue weighted by Gasteiger charge is 2.08. The molecule has 20 heavy (non-hydrogen) atoms. The van der Waals surface area contributed by atoms with Crippen molar-refractivity contribution < 1.29 is 9.53 Å². The van der Waals surface area contributed by atoms with E-state index in [1.54, 1.807) is 24.2 Å². The molecule has 0 unspecified atom stereocenters. The van der Waals surface area contributed by atoms with Crippen molar-refractivity contribution in [2.45, 2.75) is 20.8 Å². The Kier molecular flexibility index (Phi) is 6.04. The van der Waals surface area contributed by atoms with E-state index in [0.717, 1.165) is 22.4 Å². The predicted octanol–water partition coefficient (Wildman–Crippen LogP) is 3.44. The van der Waals surface area contributed by atoms with Gasteiger partial charge < -0.3 is 9.64 Å². The summed E-state index contributed by atoms with van der Waals surface area (Å²) < 4.78 is 5.29. The third kappa shape index (κ3) is 4.57. The molecule has 1 amide bonds. The first-order valence-corrected chi connectivity index (χ1v) is 6.74. The molecule has 1 aromatic rings. The van der Waals surface area contributed by atoms with E-state index in [1.165, 1.54) is 0 Å². The summed E-state index contributed by atoms with van der Waals surface area (Å²) in [4.78, 5) is 13.9. The highest BCUT2D eigenvalue weighted by atomic mass is 16.5. The Hall–Kier alpha value is -2.03. The van der Waals surface area contributed by atoms with Crippen LogP contribution in [0.4, 0.5) is 0 Å². The van der Waals surface area contributed by atoms with Gasteiger partial charge in [-0.15, -0.1) is 0 Å². The van der Waals surface area contributed by atoms with Crippen molar-refractivity contribution in [3.8, 4) is 5.75 Å². The number of amides is 1. The number of ether oxygens (including phenoxy) is 1. The Bertz CT molecular complexity index is 518. The number of hydrogen-bond donors (Lipinski definition) is 0. The number of hydrogen-bond acceptors (Lipinski definition) is 2. The fraction of sp³-hybridized carbons (Fsp3) is 0.353. The number of nitrogens with zero attached hydrogens (tertiary/aromatic N) is 1. The van der Waals surface area contributed by atoms with Crippen LogP contribution in [0.1, 0.15) is 25.0 Å². The second-order valence-electron chi connectivity index (χ2n) is 4.89. The van der Waals surface area contributed by atoms with Crippen LogP contribution in [0.25, 0.3) is 6.08 Å². The predicted molar refractivity (Wildman–Crippen MR) is 83.8 cm³/mol. The van der Waals surface area contributed by atoms with Crippen molar-refractivity contribution in [1.82, 2.24) is 4.90 Å². The molecule has 0 aliphatic rings. The summed E-state index contributed by atoms with van der Waals surface area (Å²) in [5, 5.41) is 0. The zero-order chi connectivity index (χ0) is 15.1. The Morgan fingerprint density at radius 2 is 2.15 bits per heavy atom. The van der Waals surface area contributed by atoms with Gasteiger partial charge in [0, 0.05) is 24.7 Å². The fourth-order valence-corrected chi connectivity index (χ4v) is 1.92. The van der Waals surface area contributed by atoms with Gasteiger partial charge in [0.1, 0.15) is 5.75 Å². The van der Waals surface area contributed by atoms with Crippen molar-refractivity contribution in [3.63, 3.8) is 0 Å². The molecule has 3 heteroatoms. The van der Waals surface area contributed by atoms with Gasteiger partial charge in [-0.2, -0.15) is 0 Å². The van der Waals surface area contributed by atoms with Crippen LogP contribution in [0.5, 0.6) is 5.75 Å². The van der Waals surface area contributed by atoms with Crippen LogP contribution in [-0.2, 0) is 4.79 Å². The number of methoxy groups -OCH3 is 1. The maximum absolute atomic E-state index is 12.1. The maximum atomic E-state index is 12.1. The smallest absolute Gasteiger partial charge is 0.246 e. The molecule has 0 spiro atoms. The van der Waals surface area contributed by atoms with Crippen molar-refractivity contribution in [2.75, 3.05) is 20.2 Å². The van der Waals surface area contributed by atoms with Crippen LogP contribution < -0.4 is 4.74 Å². The van der Waals surface area contributed by atoms with Gasteiger partial charge in [0.15, 0.2) is 0 Å². The van der Waals surface area contributed by atoms with Crippen LogP contribution in [0.3, 0.4) is 0 Å². The van der Waals surface area contributed by atoms with Crippen molar-refractivity contribution >= 4 is 12.0 Å². The molecule has 0 heterocycles. The van der Waals surface area contributed by atoms with E-state index >= 15 is 0 Å². The van der Waals surface area contributed by atoms with Crippen LogP contribution >= 0.6 is 0 Å². The van der Waals surface area contributed by atoms with Gasteiger partial charge in [-0.05, 0) is 39.0 Å². The molecule has 0 atom stereocenters. The molecule has 0 radical (unpaired) electrons. The second-order valence-corrected chi connectivity index (χ2v) is 4.89. The Labute approximate surface area is 121 Å². The van der Waals surface area contributed by atoms with E-state index in [-0.39, 0.29) is 5.91 Å². The zero-order valence-electron chi connectivity index (χ0n) is 12.8. The van der Waals surface area contributed by atoms with E-state index in [2.05, 4.69) is 6.58 Å². The maximum Gasteiger partial charge on any atom is 0.246 e. The molecule has 0 saturated heterocycles. The minimum absolute atomic E-state index is 0.0148. The Balaban J connectivity index is 2.88. The van der Waals surface area contributed by atoms with Crippen LogP contribution in [0, 0.1) is 6.92 Å². The van der Waals surface area contributed by atoms with Crippen LogP contribution in [-0.4, -0.2) is 31.0 Å². The quantitative estimate of drug-likeness (QED) is 0.587. The first-order valence-electron chi connectivity index (χ1n) is 6.74. The standard InChI is InChI=1S/C17H23NO2/c1-6-18(12-13(2)3)17(19)10-8-15-11-14(4)7-9-16(15)20-5/h7-11H,2,6,12H2,1,3-5H3/b10-8+. The van der Waals surface area contributed by atoms with Gasteiger partial charge in [0.2, 0.25) is 5.91 Å². The highest BCUT2D eigenvalue weighted by Crippen LogP contribution is 2.21. The molecule has 3 nitrogen and oxygen atoms in total. The van der Waals surface area contributed by atoms with Crippen LogP contribution in [0.15, 0.2) is 36.4 Å². The fourth-order valence-electron chi connectivity index (χ4n) is 1.92. The van der Waals surface area contributed by atoms with Crippen molar-refractivity contribution in [3.05, 3.63) is 47.6 Å². The summed E-state index contributed by atoms with van der Waals surface area (Å²) in [5.74, 6) is 0.752. The number of benzene rings is 1. The summed E-state index contributed by atoms with van der Waals surface area (Å²) in [6, 6.07) is 5.89. The normalized spacial score (nSPS) is 10.6. The lowest BCUT2D eigenvalue weighted by atomic mass is 10.1. The summed E-state index contributed by atoms with van der Waals surface area (Å²) in [7, 11) is 1.63. The molecule has 0 bridgehead atoms. The lowest BCUT2D eigenvalue weighted by Crippen LogP contribution is -2.30. The minimum atomic E-state index is -0.0148. The van der Waals surface area contributed by atoms with Gasteiger partial charge in [-0.25, -0.2) is 0 Å². The monoisotopic (exact) mass is 273 g/mol. The number of likely N-dealkylation sites (N-methyl/N-ethyl adjacent to an activating group) is 1. The van der Waals surface area contributed by atoms with Crippen molar-refractivity contribution in [2.24, 2.45) is 0 Å². The lowest BCUT2D eigenvalue weighted by Gasteiger charge is -2.19. The van der Waals surface area contributed by atoms with Gasteiger partial charge >= 0.3 is 0 Å². The SMILES string of the molecule is C=C(C)CN(CC)C(=O)/C=C/c1cc(C)ccc1OC. The molecule has 0 saturated carbocycles. The third-order valence-electron chi connectivity index (χ3n) is 2.94. The summed E-state index contributed by atoms with van der Waals surface area (Å²) >= 11 is 0. The van der Waals surface area contributed by atoms with Gasteiger partial charge in [0.25, 0.3) is 0 Å². The van der Waals surface area contributed by atoms with E-state index in [0.29, 0.717) is 13.1 Å². The molecule has 0 N–H and O–H groups in total. The first-order chi connectivity index (χ1) is 9.47. The van der Waals surface area contributed by atoms with E-state index in [4.69, 9.17) is 4.74 Å². The molecular weight excluding hydrogens is 250 g/mol. The van der Waals surface area contributed by atoms with E-state index in [1.807, 2.05) is 39.0 Å². The minimum Gasteiger partial charge on any atom is -0.496 e. The topological polar surface area (TPSA) is 29.5 Å².